The fraction of sp³-hybridized carbons (Fsp3) is 0.333. The number of amides is 2. The van der Waals surface area contributed by atoms with Crippen LogP contribution in [0.2, 0.25) is 0 Å². The summed E-state index contributed by atoms with van der Waals surface area (Å²) in [7, 11) is 0. The van der Waals surface area contributed by atoms with E-state index < -0.39 is 6.03 Å². The lowest BCUT2D eigenvalue weighted by Gasteiger charge is -2.17. The molecule has 0 saturated carbocycles. The Morgan fingerprint density at radius 2 is 1.75 bits per heavy atom. The summed E-state index contributed by atoms with van der Waals surface area (Å²) >= 11 is 0. The number of rotatable bonds is 9. The molecule has 0 unspecified atom stereocenters. The molecule has 0 atom stereocenters. The molecule has 3 rings (SSSR count). The quantitative estimate of drug-likeness (QED) is 0.368. The first-order valence-corrected chi connectivity index (χ1v) is 12.7. The minimum Gasteiger partial charge on any atom is -0.313 e. The predicted molar refractivity (Wildman–Crippen MR) is 150 cm³/mol. The summed E-state index contributed by atoms with van der Waals surface area (Å²) in [6.07, 6.45) is 3.73. The molecule has 2 amide bonds. The maximum atomic E-state index is 13.5. The number of aromatic nitrogens is 1. The molecule has 2 N–H and O–H groups in total. The molecule has 3 aromatic rings. The van der Waals surface area contributed by atoms with Crippen molar-refractivity contribution < 1.29 is 4.79 Å². The van der Waals surface area contributed by atoms with Crippen LogP contribution in [-0.2, 0) is 6.54 Å². The molecule has 1 aromatic heterocycles. The van der Waals surface area contributed by atoms with Gasteiger partial charge in [-0.3, -0.25) is 9.69 Å². The molecule has 0 bridgehead atoms. The highest BCUT2D eigenvalue weighted by molar-refractivity contribution is 6.02. The molecule has 2 aromatic carbocycles. The van der Waals surface area contributed by atoms with Crippen LogP contribution in [-0.4, -0.2) is 35.1 Å². The number of hydrogen-bond acceptors (Lipinski definition) is 3. The van der Waals surface area contributed by atoms with Crippen LogP contribution < -0.4 is 16.2 Å². The third kappa shape index (κ3) is 7.10. The summed E-state index contributed by atoms with van der Waals surface area (Å²) in [4.78, 5) is 28.6. The number of aryl methyl sites for hydroxylation is 2. The molecule has 0 aliphatic heterocycles. The molecule has 0 fully saturated rings. The molecule has 1 heterocycles. The Balaban J connectivity index is 2.00. The average molecular weight is 485 g/mol. The van der Waals surface area contributed by atoms with E-state index in [1.54, 1.807) is 16.7 Å². The lowest BCUT2D eigenvalue weighted by molar-refractivity contribution is 0.262. The first kappa shape index (κ1) is 26.8. The molecule has 0 spiro atoms. The first-order chi connectivity index (χ1) is 17.5. The topological polar surface area (TPSA) is 66.4 Å². The zero-order valence-corrected chi connectivity index (χ0v) is 21.7. The number of anilines is 2. The Labute approximate surface area is 214 Å². The molecule has 0 aliphatic rings. The highest BCUT2D eigenvalue weighted by Crippen LogP contribution is 2.30. The Morgan fingerprint density at radius 3 is 2.44 bits per heavy atom. The van der Waals surface area contributed by atoms with Gasteiger partial charge in [0.15, 0.2) is 0 Å². The summed E-state index contributed by atoms with van der Waals surface area (Å²) in [5, 5.41) is 5.66. The molecule has 6 nitrogen and oxygen atoms in total. The normalized spacial score (nSPS) is 10.6. The highest BCUT2D eigenvalue weighted by atomic mass is 16.2. The van der Waals surface area contributed by atoms with E-state index in [2.05, 4.69) is 48.1 Å². The van der Waals surface area contributed by atoms with Gasteiger partial charge in [0.25, 0.3) is 5.56 Å². The van der Waals surface area contributed by atoms with Crippen LogP contribution >= 0.6 is 0 Å². The molecule has 188 valence electrons. The number of unbranched alkanes of at least 4 members (excludes halogenated alkanes) is 1. The minimum atomic E-state index is -0.456. The highest BCUT2D eigenvalue weighted by Gasteiger charge is 2.18. The second-order valence-electron chi connectivity index (χ2n) is 8.70. The fourth-order valence-corrected chi connectivity index (χ4v) is 4.04. The number of pyridine rings is 1. The van der Waals surface area contributed by atoms with Crippen LogP contribution in [0, 0.1) is 18.8 Å². The lowest BCUT2D eigenvalue weighted by Crippen LogP contribution is -2.29. The lowest BCUT2D eigenvalue weighted by atomic mass is 9.98. The molecule has 0 saturated heterocycles. The van der Waals surface area contributed by atoms with Crippen molar-refractivity contribution >= 4 is 17.4 Å². The smallest absolute Gasteiger partial charge is 0.313 e. The van der Waals surface area contributed by atoms with Crippen LogP contribution in [0.4, 0.5) is 16.2 Å². The number of carbonyl (C=O) groups is 1. The van der Waals surface area contributed by atoms with E-state index in [9.17, 15) is 9.59 Å². The predicted octanol–water partition coefficient (Wildman–Crippen LogP) is 5.96. The summed E-state index contributed by atoms with van der Waals surface area (Å²) in [5.41, 5.74) is 4.04. The fourth-order valence-electron chi connectivity index (χ4n) is 4.04. The first-order valence-electron chi connectivity index (χ1n) is 12.7. The van der Waals surface area contributed by atoms with Crippen molar-refractivity contribution in [1.82, 2.24) is 9.47 Å². The van der Waals surface area contributed by atoms with E-state index in [1.165, 1.54) is 0 Å². The van der Waals surface area contributed by atoms with Crippen molar-refractivity contribution in [2.24, 2.45) is 0 Å². The Morgan fingerprint density at radius 1 is 1.00 bits per heavy atom. The zero-order chi connectivity index (χ0) is 25.9. The summed E-state index contributed by atoms with van der Waals surface area (Å²) < 4.78 is 1.69. The number of benzene rings is 2. The molecular weight excluding hydrogens is 448 g/mol. The summed E-state index contributed by atoms with van der Waals surface area (Å²) in [5.74, 6) is 6.49. The maximum Gasteiger partial charge on any atom is 0.323 e. The van der Waals surface area contributed by atoms with E-state index in [0.29, 0.717) is 24.3 Å². The van der Waals surface area contributed by atoms with E-state index in [0.717, 1.165) is 42.6 Å². The van der Waals surface area contributed by atoms with Crippen molar-refractivity contribution in [3.8, 4) is 23.0 Å². The molecule has 0 radical (unpaired) electrons. The van der Waals surface area contributed by atoms with Crippen molar-refractivity contribution in [2.45, 2.75) is 47.1 Å². The van der Waals surface area contributed by atoms with Gasteiger partial charge < -0.3 is 15.2 Å². The SMILES string of the molecule is CCCCn1cc(C)c(-c2cccc(C#CCN(CC)CC)c2)c(NC(=O)Nc2ccccc2)c1=O. The van der Waals surface area contributed by atoms with Crippen LogP contribution in [0.3, 0.4) is 0 Å². The zero-order valence-electron chi connectivity index (χ0n) is 21.7. The van der Waals surface area contributed by atoms with E-state index in [-0.39, 0.29) is 11.2 Å². The maximum absolute atomic E-state index is 13.5. The van der Waals surface area contributed by atoms with Gasteiger partial charge in [-0.05, 0) is 61.8 Å². The van der Waals surface area contributed by atoms with Gasteiger partial charge in [-0.15, -0.1) is 0 Å². The minimum absolute atomic E-state index is 0.217. The number of nitrogens with zero attached hydrogens (tertiary/aromatic N) is 2. The summed E-state index contributed by atoms with van der Waals surface area (Å²) in [6.45, 7) is 11.5. The number of nitrogens with one attached hydrogen (secondary N) is 2. The second-order valence-corrected chi connectivity index (χ2v) is 8.70. The number of urea groups is 1. The Bertz CT molecular complexity index is 1280. The van der Waals surface area contributed by atoms with Gasteiger partial charge >= 0.3 is 6.03 Å². The monoisotopic (exact) mass is 484 g/mol. The van der Waals surface area contributed by atoms with Crippen LogP contribution in [0.15, 0.2) is 65.6 Å². The molecule has 6 heteroatoms. The van der Waals surface area contributed by atoms with Gasteiger partial charge in [0.2, 0.25) is 0 Å². The van der Waals surface area contributed by atoms with Gasteiger partial charge in [-0.2, -0.15) is 0 Å². The van der Waals surface area contributed by atoms with Crippen LogP contribution in [0.5, 0.6) is 0 Å². The van der Waals surface area contributed by atoms with Gasteiger partial charge in [0, 0.05) is 29.6 Å². The van der Waals surface area contributed by atoms with Crippen molar-refractivity contribution in [1.29, 1.82) is 0 Å². The van der Waals surface area contributed by atoms with Gasteiger partial charge in [0.05, 0.1) is 6.54 Å². The number of carbonyl (C=O) groups excluding carboxylic acids is 1. The van der Waals surface area contributed by atoms with E-state index >= 15 is 0 Å². The average Bonchev–Trinajstić information content (AvgIpc) is 2.88. The number of para-hydroxylation sites is 1. The number of hydrogen-bond donors (Lipinski definition) is 2. The van der Waals surface area contributed by atoms with Gasteiger partial charge in [0.1, 0.15) is 5.69 Å². The Kier molecular flexibility index (Phi) is 9.91. The second kappa shape index (κ2) is 13.3. The van der Waals surface area contributed by atoms with Crippen LogP contribution in [0.25, 0.3) is 11.1 Å². The van der Waals surface area contributed by atoms with Crippen molar-refractivity contribution in [2.75, 3.05) is 30.3 Å². The summed E-state index contributed by atoms with van der Waals surface area (Å²) in [6, 6.07) is 16.6. The third-order valence-electron chi connectivity index (χ3n) is 6.07. The van der Waals surface area contributed by atoms with Crippen molar-refractivity contribution in [3.05, 3.63) is 82.3 Å². The van der Waals surface area contributed by atoms with E-state index in [4.69, 9.17) is 0 Å². The third-order valence-corrected chi connectivity index (χ3v) is 6.07. The van der Waals surface area contributed by atoms with Crippen molar-refractivity contribution in [3.63, 3.8) is 0 Å². The van der Waals surface area contributed by atoms with Gasteiger partial charge in [-0.1, -0.05) is 69.4 Å². The van der Waals surface area contributed by atoms with Gasteiger partial charge in [-0.25, -0.2) is 4.79 Å². The van der Waals surface area contributed by atoms with E-state index in [1.807, 2.05) is 55.6 Å². The van der Waals surface area contributed by atoms with Crippen LogP contribution in [0.1, 0.15) is 44.7 Å². The standard InChI is InChI=1S/C30H36N4O2/c1-5-8-20-34-22-23(4)27(25-16-12-14-24(21-25)15-13-19-33(6-2)7-3)28(29(34)35)32-30(36)31-26-17-10-9-11-18-26/h9-12,14,16-18,21-22H,5-8,19-20H2,1-4H3,(H2,31,32,36). The Hall–Kier alpha value is -3.82. The molecule has 36 heavy (non-hydrogen) atoms. The molecular formula is C30H36N4O2. The largest absolute Gasteiger partial charge is 0.323 e. The molecule has 0 aliphatic carbocycles.